The first-order valence-corrected chi connectivity index (χ1v) is 11.8. The fourth-order valence-electron chi connectivity index (χ4n) is 8.01. The van der Waals surface area contributed by atoms with Gasteiger partial charge in [-0.1, -0.05) is 25.5 Å². The van der Waals surface area contributed by atoms with Crippen LogP contribution in [-0.4, -0.2) is 21.9 Å². The summed E-state index contributed by atoms with van der Waals surface area (Å²) in [6.45, 7) is 8.99. The van der Waals surface area contributed by atoms with Crippen LogP contribution < -0.4 is 0 Å². The lowest BCUT2D eigenvalue weighted by molar-refractivity contribution is -0.0319. The largest absolute Gasteiger partial charge is 0.393 e. The molecular weight excluding hydrogens is 332 g/mol. The minimum Gasteiger partial charge on any atom is -0.393 e. The molecule has 27 heavy (non-hydrogen) atoms. The highest BCUT2D eigenvalue weighted by atomic mass is 16.3. The Morgan fingerprint density at radius 3 is 2.67 bits per heavy atom. The van der Waals surface area contributed by atoms with Crippen LogP contribution in [0.25, 0.3) is 0 Å². The van der Waals surface area contributed by atoms with Gasteiger partial charge in [0.15, 0.2) is 0 Å². The van der Waals surface area contributed by atoms with E-state index in [0.717, 1.165) is 61.2 Å². The van der Waals surface area contributed by atoms with Gasteiger partial charge in [-0.15, -0.1) is 0 Å². The van der Waals surface area contributed by atoms with Crippen LogP contribution in [0.3, 0.4) is 0 Å². The van der Waals surface area contributed by atoms with E-state index in [1.165, 1.54) is 38.5 Å². The van der Waals surface area contributed by atoms with Crippen molar-refractivity contribution in [3.8, 4) is 0 Å². The Balaban J connectivity index is 1.48. The highest BCUT2D eigenvalue weighted by Gasteiger charge is 2.56. The maximum absolute atomic E-state index is 10.2. The standard InChI is InChI=1S/C25H42O2/c1-16(11-13-24(2,3)27)22-9-10-23-21-7-5-17-15-18(26)6-8-19(17)20(21)12-14-25(22,23)4/h5,16,18-23,26-27H,6-15H2,1-4H3/t16?,18?,19-,20?,21?,22+,23?,25+/m0/s1. The molecule has 4 rings (SSSR count). The van der Waals surface area contributed by atoms with E-state index in [4.69, 9.17) is 0 Å². The molecule has 0 aromatic rings. The minimum absolute atomic E-state index is 0.0783. The van der Waals surface area contributed by atoms with Crippen molar-refractivity contribution in [3.05, 3.63) is 11.6 Å². The lowest BCUT2D eigenvalue weighted by atomic mass is 9.51. The summed E-state index contributed by atoms with van der Waals surface area (Å²) >= 11 is 0. The fraction of sp³-hybridized carbons (Fsp3) is 0.920. The molecule has 8 atom stereocenters. The second-order valence-electron chi connectivity index (χ2n) is 11.5. The fourth-order valence-corrected chi connectivity index (χ4v) is 8.01. The maximum Gasteiger partial charge on any atom is 0.0591 e. The quantitative estimate of drug-likeness (QED) is 0.618. The summed E-state index contributed by atoms with van der Waals surface area (Å²) in [6, 6.07) is 0. The monoisotopic (exact) mass is 374 g/mol. The molecular formula is C25H42O2. The van der Waals surface area contributed by atoms with Gasteiger partial charge < -0.3 is 10.2 Å². The molecule has 3 fully saturated rings. The van der Waals surface area contributed by atoms with Crippen LogP contribution in [0.15, 0.2) is 11.6 Å². The number of rotatable bonds is 4. The zero-order chi connectivity index (χ0) is 19.4. The average Bonchev–Trinajstić information content (AvgIpc) is 2.96. The van der Waals surface area contributed by atoms with Crippen molar-refractivity contribution in [2.45, 2.75) is 104 Å². The van der Waals surface area contributed by atoms with Crippen LogP contribution in [0.4, 0.5) is 0 Å². The predicted molar refractivity (Wildman–Crippen MR) is 111 cm³/mol. The Morgan fingerprint density at radius 2 is 1.93 bits per heavy atom. The number of aliphatic hydroxyl groups excluding tert-OH is 1. The summed E-state index contributed by atoms with van der Waals surface area (Å²) in [5.41, 5.74) is 1.59. The van der Waals surface area contributed by atoms with Gasteiger partial charge in [0.1, 0.15) is 0 Å². The van der Waals surface area contributed by atoms with Crippen LogP contribution in [0.2, 0.25) is 0 Å². The molecule has 4 aliphatic carbocycles. The Morgan fingerprint density at radius 1 is 1.15 bits per heavy atom. The van der Waals surface area contributed by atoms with Gasteiger partial charge in [-0.25, -0.2) is 0 Å². The second kappa shape index (κ2) is 7.17. The molecule has 154 valence electrons. The molecule has 4 aliphatic rings. The second-order valence-corrected chi connectivity index (χ2v) is 11.5. The molecule has 3 saturated carbocycles. The van der Waals surface area contributed by atoms with E-state index in [9.17, 15) is 10.2 Å². The van der Waals surface area contributed by atoms with E-state index in [-0.39, 0.29) is 6.10 Å². The lowest BCUT2D eigenvalue weighted by Crippen LogP contribution is -2.47. The van der Waals surface area contributed by atoms with E-state index in [1.54, 1.807) is 5.57 Å². The first-order chi connectivity index (χ1) is 12.7. The predicted octanol–water partition coefficient (Wildman–Crippen LogP) is 5.72. The van der Waals surface area contributed by atoms with Crippen LogP contribution >= 0.6 is 0 Å². The molecule has 0 aromatic heterocycles. The third kappa shape index (κ3) is 3.66. The molecule has 0 saturated heterocycles. The van der Waals surface area contributed by atoms with Gasteiger partial charge in [-0.2, -0.15) is 0 Å². The Bertz CT molecular complexity index is 573. The maximum atomic E-state index is 10.2. The van der Waals surface area contributed by atoms with Crippen molar-refractivity contribution in [1.29, 1.82) is 0 Å². The molecule has 0 radical (unpaired) electrons. The number of hydrogen-bond acceptors (Lipinski definition) is 2. The van der Waals surface area contributed by atoms with Gasteiger partial charge in [0.05, 0.1) is 11.7 Å². The molecule has 0 spiro atoms. The Kier molecular flexibility index (Phi) is 5.30. The first kappa shape index (κ1) is 20.0. The lowest BCUT2D eigenvalue weighted by Gasteiger charge is -2.54. The normalized spacial score (nSPS) is 45.5. The number of hydrogen-bond donors (Lipinski definition) is 2. The van der Waals surface area contributed by atoms with Gasteiger partial charge in [-0.3, -0.25) is 0 Å². The zero-order valence-electron chi connectivity index (χ0n) is 18.1. The van der Waals surface area contributed by atoms with Crippen molar-refractivity contribution in [2.75, 3.05) is 0 Å². The van der Waals surface area contributed by atoms with Crippen molar-refractivity contribution < 1.29 is 10.2 Å². The summed E-state index contributed by atoms with van der Waals surface area (Å²) in [7, 11) is 0. The van der Waals surface area contributed by atoms with E-state index in [2.05, 4.69) is 19.9 Å². The van der Waals surface area contributed by atoms with E-state index in [0.29, 0.717) is 5.41 Å². The zero-order valence-corrected chi connectivity index (χ0v) is 18.1. The summed E-state index contributed by atoms with van der Waals surface area (Å²) < 4.78 is 0. The van der Waals surface area contributed by atoms with Crippen LogP contribution in [0.1, 0.15) is 91.9 Å². The summed E-state index contributed by atoms with van der Waals surface area (Å²) in [6.07, 6.45) is 14.7. The molecule has 2 heteroatoms. The summed E-state index contributed by atoms with van der Waals surface area (Å²) in [5.74, 6) is 5.02. The van der Waals surface area contributed by atoms with Gasteiger partial charge in [-0.05, 0) is 119 Å². The van der Waals surface area contributed by atoms with Crippen molar-refractivity contribution in [2.24, 2.45) is 40.9 Å². The third-order valence-corrected chi connectivity index (χ3v) is 9.39. The summed E-state index contributed by atoms with van der Waals surface area (Å²) in [5, 5.41) is 20.2. The average molecular weight is 375 g/mol. The summed E-state index contributed by atoms with van der Waals surface area (Å²) in [4.78, 5) is 0. The van der Waals surface area contributed by atoms with Crippen LogP contribution in [0, 0.1) is 40.9 Å². The topological polar surface area (TPSA) is 40.5 Å². The van der Waals surface area contributed by atoms with Gasteiger partial charge >= 0.3 is 0 Å². The third-order valence-electron chi connectivity index (χ3n) is 9.39. The molecule has 2 N–H and O–H groups in total. The van der Waals surface area contributed by atoms with E-state index in [1.807, 2.05) is 13.8 Å². The molecule has 2 nitrogen and oxygen atoms in total. The highest BCUT2D eigenvalue weighted by Crippen LogP contribution is 2.64. The van der Waals surface area contributed by atoms with E-state index < -0.39 is 5.60 Å². The Labute approximate surface area is 166 Å². The molecule has 0 aliphatic heterocycles. The van der Waals surface area contributed by atoms with Crippen LogP contribution in [0.5, 0.6) is 0 Å². The van der Waals surface area contributed by atoms with Gasteiger partial charge in [0, 0.05) is 0 Å². The van der Waals surface area contributed by atoms with Crippen LogP contribution in [-0.2, 0) is 0 Å². The Hall–Kier alpha value is -0.340. The molecule has 0 heterocycles. The number of aliphatic hydroxyl groups is 2. The van der Waals surface area contributed by atoms with Crippen molar-refractivity contribution >= 4 is 0 Å². The number of fused-ring (bicyclic) bond motifs is 5. The first-order valence-electron chi connectivity index (χ1n) is 11.8. The van der Waals surface area contributed by atoms with Gasteiger partial charge in [0.25, 0.3) is 0 Å². The van der Waals surface area contributed by atoms with Crippen molar-refractivity contribution in [3.63, 3.8) is 0 Å². The smallest absolute Gasteiger partial charge is 0.0591 e. The van der Waals surface area contributed by atoms with Crippen molar-refractivity contribution in [1.82, 2.24) is 0 Å². The molecule has 0 bridgehead atoms. The highest BCUT2D eigenvalue weighted by molar-refractivity contribution is 5.20. The molecule has 0 amide bonds. The van der Waals surface area contributed by atoms with Gasteiger partial charge in [0.2, 0.25) is 0 Å². The number of allylic oxidation sites excluding steroid dienone is 1. The van der Waals surface area contributed by atoms with E-state index >= 15 is 0 Å². The minimum atomic E-state index is -0.527. The molecule has 0 aromatic carbocycles. The molecule has 5 unspecified atom stereocenters. The SMILES string of the molecule is CC(CCC(C)(C)O)[C@H]1CCC2C3CC=C4CC(O)CC[C@@H]4C3CC[C@@]21C.